The molecule has 0 amide bonds. The fourth-order valence-corrected chi connectivity index (χ4v) is 3.55. The zero-order valence-electron chi connectivity index (χ0n) is 16.5. The maximum atomic E-state index is 5.41. The molecule has 4 aromatic rings. The van der Waals surface area contributed by atoms with Crippen molar-refractivity contribution in [1.82, 2.24) is 25.3 Å². The molecule has 4 rings (SSSR count). The smallest absolute Gasteiger partial charge is 0.239 e. The fourth-order valence-electron chi connectivity index (χ4n) is 2.80. The van der Waals surface area contributed by atoms with Crippen molar-refractivity contribution in [2.45, 2.75) is 37.1 Å². The lowest BCUT2D eigenvalue weighted by Gasteiger charge is -2.10. The van der Waals surface area contributed by atoms with E-state index in [1.54, 1.807) is 0 Å². The third kappa shape index (κ3) is 4.35. The monoisotopic (exact) mass is 403 g/mol. The molecule has 7 heteroatoms. The van der Waals surface area contributed by atoms with Crippen LogP contribution in [0.1, 0.15) is 43.7 Å². The minimum atomic E-state index is -0.0806. The van der Waals surface area contributed by atoms with Crippen molar-refractivity contribution in [1.29, 1.82) is 0 Å². The fraction of sp³-hybridized carbons (Fsp3) is 0.227. The first kappa shape index (κ1) is 19.3. The molecule has 29 heavy (non-hydrogen) atoms. The average molecular weight is 404 g/mol. The Kier molecular flexibility index (Phi) is 5.67. The Balaban J connectivity index is 1.68. The summed E-state index contributed by atoms with van der Waals surface area (Å²) in [6.07, 6.45) is 0. The number of hydrogen-bond acceptors (Lipinski definition) is 7. The minimum Gasteiger partial charge on any atom is -0.338 e. The summed E-state index contributed by atoms with van der Waals surface area (Å²) in [6, 6.07) is 20.0. The maximum Gasteiger partial charge on any atom is 0.239 e. The van der Waals surface area contributed by atoms with Gasteiger partial charge in [0.05, 0.1) is 5.25 Å². The summed E-state index contributed by atoms with van der Waals surface area (Å²) in [5.41, 5.74) is 3.54. The second-order valence-electron chi connectivity index (χ2n) is 6.93. The summed E-state index contributed by atoms with van der Waals surface area (Å²) in [6.45, 7) is 6.07. The van der Waals surface area contributed by atoms with E-state index in [0.717, 1.165) is 22.5 Å². The van der Waals surface area contributed by atoms with Gasteiger partial charge in [-0.15, -0.1) is 10.2 Å². The molecule has 0 bridgehead atoms. The van der Waals surface area contributed by atoms with Gasteiger partial charge in [-0.25, -0.2) is 4.98 Å². The van der Waals surface area contributed by atoms with Crippen LogP contribution in [0.25, 0.3) is 22.5 Å². The molecule has 0 spiro atoms. The summed E-state index contributed by atoms with van der Waals surface area (Å²) in [4.78, 5) is 9.30. The Labute approximate surface area is 173 Å². The van der Waals surface area contributed by atoms with Gasteiger partial charge in [-0.1, -0.05) is 91.4 Å². The van der Waals surface area contributed by atoms with Crippen LogP contribution in [0.3, 0.4) is 0 Å². The van der Waals surface area contributed by atoms with E-state index in [2.05, 4.69) is 20.3 Å². The summed E-state index contributed by atoms with van der Waals surface area (Å²) in [5, 5.41) is 13.4. The van der Waals surface area contributed by atoms with E-state index < -0.39 is 0 Å². The van der Waals surface area contributed by atoms with Crippen LogP contribution in [-0.2, 0) is 0 Å². The number of rotatable bonds is 6. The molecular weight excluding hydrogens is 382 g/mol. The molecule has 146 valence electrons. The summed E-state index contributed by atoms with van der Waals surface area (Å²) >= 11 is 1.45. The van der Waals surface area contributed by atoms with Crippen LogP contribution in [0.4, 0.5) is 0 Å². The zero-order chi connectivity index (χ0) is 20.2. The highest BCUT2D eigenvalue weighted by Crippen LogP contribution is 2.35. The zero-order valence-corrected chi connectivity index (χ0v) is 17.3. The predicted molar refractivity (Wildman–Crippen MR) is 113 cm³/mol. The third-order valence-electron chi connectivity index (χ3n) is 4.37. The molecule has 0 fully saturated rings. The number of nitrogens with zero attached hydrogens (tertiary/aromatic N) is 5. The molecule has 0 saturated heterocycles. The van der Waals surface area contributed by atoms with E-state index >= 15 is 0 Å². The Morgan fingerprint density at radius 2 is 1.38 bits per heavy atom. The highest BCUT2D eigenvalue weighted by molar-refractivity contribution is 7.99. The van der Waals surface area contributed by atoms with Gasteiger partial charge >= 0.3 is 0 Å². The van der Waals surface area contributed by atoms with Crippen LogP contribution in [-0.4, -0.2) is 25.3 Å². The van der Waals surface area contributed by atoms with Crippen LogP contribution >= 0.6 is 11.8 Å². The second-order valence-corrected chi connectivity index (χ2v) is 8.24. The number of benzene rings is 2. The molecule has 1 atom stereocenters. The molecule has 0 aliphatic rings. The highest BCUT2D eigenvalue weighted by atomic mass is 32.2. The van der Waals surface area contributed by atoms with Crippen molar-refractivity contribution in [3.63, 3.8) is 0 Å². The SMILES string of the molecule is CC(C)c1noc([C@H](C)Sc2nnc(-c3ccccc3)c(-c3ccccc3)n2)n1. The Morgan fingerprint density at radius 1 is 0.759 bits per heavy atom. The van der Waals surface area contributed by atoms with Crippen molar-refractivity contribution in [3.05, 3.63) is 72.4 Å². The maximum absolute atomic E-state index is 5.41. The van der Waals surface area contributed by atoms with E-state index in [9.17, 15) is 0 Å². The van der Waals surface area contributed by atoms with Gasteiger partial charge in [0, 0.05) is 17.0 Å². The lowest BCUT2D eigenvalue weighted by Crippen LogP contribution is -2.00. The average Bonchev–Trinajstić information content (AvgIpc) is 3.26. The Hall–Kier alpha value is -3.06. The van der Waals surface area contributed by atoms with Crippen LogP contribution in [0.5, 0.6) is 0 Å². The quantitative estimate of drug-likeness (QED) is 0.390. The van der Waals surface area contributed by atoms with Crippen LogP contribution < -0.4 is 0 Å². The highest BCUT2D eigenvalue weighted by Gasteiger charge is 2.20. The van der Waals surface area contributed by atoms with E-state index in [1.165, 1.54) is 11.8 Å². The molecule has 0 N–H and O–H groups in total. The molecule has 6 nitrogen and oxygen atoms in total. The predicted octanol–water partition coefficient (Wildman–Crippen LogP) is 5.57. The van der Waals surface area contributed by atoms with Gasteiger partial charge in [-0.05, 0) is 6.92 Å². The molecule has 0 unspecified atom stereocenters. The van der Waals surface area contributed by atoms with Crippen LogP contribution in [0.2, 0.25) is 0 Å². The van der Waals surface area contributed by atoms with Gasteiger partial charge in [0.15, 0.2) is 5.82 Å². The third-order valence-corrected chi connectivity index (χ3v) is 5.30. The van der Waals surface area contributed by atoms with Gasteiger partial charge in [0.25, 0.3) is 0 Å². The summed E-state index contributed by atoms with van der Waals surface area (Å²) in [7, 11) is 0. The lowest BCUT2D eigenvalue weighted by molar-refractivity contribution is 0.373. The number of hydrogen-bond donors (Lipinski definition) is 0. The van der Waals surface area contributed by atoms with Gasteiger partial charge in [-0.2, -0.15) is 4.98 Å². The van der Waals surface area contributed by atoms with Gasteiger partial charge in [0.2, 0.25) is 11.0 Å². The minimum absolute atomic E-state index is 0.0806. The van der Waals surface area contributed by atoms with Crippen molar-refractivity contribution in [2.75, 3.05) is 0 Å². The van der Waals surface area contributed by atoms with Crippen molar-refractivity contribution in [2.24, 2.45) is 0 Å². The normalized spacial score (nSPS) is 12.3. The van der Waals surface area contributed by atoms with Crippen molar-refractivity contribution < 1.29 is 4.52 Å². The van der Waals surface area contributed by atoms with Crippen LogP contribution in [0, 0.1) is 0 Å². The standard InChI is InChI=1S/C22H21N5OS/c1-14(2)20-24-21(28-27-20)15(3)29-22-23-18(16-10-6-4-7-11-16)19(25-26-22)17-12-8-5-9-13-17/h4-15H,1-3H3/t15-/m0/s1. The second kappa shape index (κ2) is 8.53. The van der Waals surface area contributed by atoms with Gasteiger partial charge in [0.1, 0.15) is 11.4 Å². The van der Waals surface area contributed by atoms with Crippen LogP contribution in [0.15, 0.2) is 70.3 Å². The molecule has 0 saturated carbocycles. The van der Waals surface area contributed by atoms with E-state index in [-0.39, 0.29) is 11.2 Å². The Morgan fingerprint density at radius 3 is 1.97 bits per heavy atom. The molecule has 0 aliphatic carbocycles. The first-order chi connectivity index (χ1) is 14.1. The molecule has 2 heterocycles. The largest absolute Gasteiger partial charge is 0.338 e. The first-order valence-electron chi connectivity index (χ1n) is 9.47. The Bertz CT molecular complexity index is 1080. The molecule has 0 radical (unpaired) electrons. The number of aromatic nitrogens is 5. The molecule has 0 aliphatic heterocycles. The topological polar surface area (TPSA) is 77.6 Å². The molecule has 2 aromatic carbocycles. The molecule has 2 aromatic heterocycles. The number of thioether (sulfide) groups is 1. The van der Waals surface area contributed by atoms with E-state index in [1.807, 2.05) is 81.4 Å². The summed E-state index contributed by atoms with van der Waals surface area (Å²) < 4.78 is 5.41. The van der Waals surface area contributed by atoms with E-state index in [0.29, 0.717) is 16.9 Å². The van der Waals surface area contributed by atoms with Gasteiger partial charge < -0.3 is 4.52 Å². The first-order valence-corrected chi connectivity index (χ1v) is 10.4. The van der Waals surface area contributed by atoms with E-state index in [4.69, 9.17) is 9.51 Å². The summed E-state index contributed by atoms with van der Waals surface area (Å²) in [5.74, 6) is 1.49. The lowest BCUT2D eigenvalue weighted by atomic mass is 10.0. The molecular formula is C22H21N5OS. The van der Waals surface area contributed by atoms with Crippen molar-refractivity contribution >= 4 is 11.8 Å². The van der Waals surface area contributed by atoms with Gasteiger partial charge in [-0.3, -0.25) is 0 Å². The van der Waals surface area contributed by atoms with Crippen molar-refractivity contribution in [3.8, 4) is 22.5 Å².